The number of hydrogen-bond donors (Lipinski definition) is 4. The van der Waals surface area contributed by atoms with Crippen molar-refractivity contribution in [3.8, 4) is 5.88 Å². The molecule has 1 amide bonds. The molecule has 1 atom stereocenters. The number of anilines is 1. The number of rotatable bonds is 6. The predicted octanol–water partition coefficient (Wildman–Crippen LogP) is 5.58. The highest BCUT2D eigenvalue weighted by atomic mass is 35.5. The van der Waals surface area contributed by atoms with Gasteiger partial charge in [0.1, 0.15) is 11.0 Å². The molecule has 0 bridgehead atoms. The normalized spacial score (nSPS) is 17.5. The van der Waals surface area contributed by atoms with Gasteiger partial charge in [0.05, 0.1) is 17.5 Å². The topological polar surface area (TPSA) is 149 Å². The Hall–Kier alpha value is -4.55. The molecule has 6 rings (SSSR count). The number of aromatic hydroxyl groups is 1. The molecule has 3 heterocycles. The average molecular weight is 575 g/mol. The number of halogens is 1. The first-order chi connectivity index (χ1) is 19.4. The first-order valence-corrected chi connectivity index (χ1v) is 13.7. The van der Waals surface area contributed by atoms with Gasteiger partial charge < -0.3 is 10.4 Å². The van der Waals surface area contributed by atoms with Crippen LogP contribution in [-0.2, 0) is 11.2 Å². The predicted molar refractivity (Wildman–Crippen MR) is 153 cm³/mol. The van der Waals surface area contributed by atoms with E-state index in [-0.39, 0.29) is 35.5 Å². The lowest BCUT2D eigenvalue weighted by atomic mass is 9.85. The number of hydrogen-bond acceptors (Lipinski definition) is 9. The second-order valence-electron chi connectivity index (χ2n) is 9.29. The number of nitrogens with one attached hydrogen (secondary N) is 3. The lowest BCUT2D eigenvalue weighted by molar-refractivity contribution is -0.120. The lowest BCUT2D eigenvalue weighted by Crippen LogP contribution is -2.30. The number of hydrazone groups is 1. The Bertz CT molecular complexity index is 1720. The standard InChI is InChI=1S/C27H23ClN8O3S/c28-16-6-8-17(9-7-16)31-34-24-26-29-20-11-10-18(32-33-21(37)13-23-30-22(38)14-40-23)12-19(20)25(36(26)35-27(24)39)15-4-2-1-3-5-15/h1-9,14,25,29,38H,10-13H2,(H,33,37)(H,35,39). The van der Waals surface area contributed by atoms with Gasteiger partial charge >= 0.3 is 0 Å². The number of amides is 1. The van der Waals surface area contributed by atoms with E-state index < -0.39 is 0 Å². The van der Waals surface area contributed by atoms with Crippen LogP contribution in [0.5, 0.6) is 5.88 Å². The number of aromatic nitrogens is 3. The zero-order valence-electron chi connectivity index (χ0n) is 21.0. The molecule has 1 aliphatic heterocycles. The number of azo groups is 1. The molecule has 0 fully saturated rings. The first kappa shape index (κ1) is 25.7. The lowest BCUT2D eigenvalue weighted by Gasteiger charge is -2.35. The first-order valence-electron chi connectivity index (χ1n) is 12.5. The van der Waals surface area contributed by atoms with Crippen molar-refractivity contribution in [1.29, 1.82) is 0 Å². The number of fused-ring (bicyclic) bond motifs is 1. The fourth-order valence-corrected chi connectivity index (χ4v) is 5.57. The van der Waals surface area contributed by atoms with Gasteiger partial charge in [-0.15, -0.1) is 16.5 Å². The fraction of sp³-hybridized carbons (Fsp3) is 0.185. The van der Waals surface area contributed by atoms with Crippen LogP contribution in [0, 0.1) is 0 Å². The molecular weight excluding hydrogens is 552 g/mol. The van der Waals surface area contributed by atoms with Crippen molar-refractivity contribution in [1.82, 2.24) is 20.2 Å². The molecule has 13 heteroatoms. The summed E-state index contributed by atoms with van der Waals surface area (Å²) in [4.78, 5) is 29.4. The summed E-state index contributed by atoms with van der Waals surface area (Å²) in [6.45, 7) is 0. The van der Waals surface area contributed by atoms with Crippen LogP contribution in [0.1, 0.15) is 35.9 Å². The van der Waals surface area contributed by atoms with Gasteiger partial charge in [0.2, 0.25) is 11.8 Å². The number of aromatic amines is 1. The Morgan fingerprint density at radius 1 is 1.15 bits per heavy atom. The van der Waals surface area contributed by atoms with Gasteiger partial charge in [-0.1, -0.05) is 41.9 Å². The van der Waals surface area contributed by atoms with Crippen LogP contribution < -0.4 is 16.3 Å². The third-order valence-electron chi connectivity index (χ3n) is 6.60. The van der Waals surface area contributed by atoms with Crippen molar-refractivity contribution in [2.24, 2.45) is 15.3 Å². The van der Waals surface area contributed by atoms with E-state index in [4.69, 9.17) is 11.6 Å². The zero-order chi connectivity index (χ0) is 27.6. The van der Waals surface area contributed by atoms with Gasteiger partial charge in [-0.25, -0.2) is 10.4 Å². The third-order valence-corrected chi connectivity index (χ3v) is 7.69. The van der Waals surface area contributed by atoms with Crippen LogP contribution in [0.15, 0.2) is 91.4 Å². The van der Waals surface area contributed by atoms with E-state index in [9.17, 15) is 14.7 Å². The minimum absolute atomic E-state index is 0.0332. The molecule has 40 heavy (non-hydrogen) atoms. The van der Waals surface area contributed by atoms with E-state index in [0.717, 1.165) is 22.5 Å². The number of carbonyl (C=O) groups is 1. The van der Waals surface area contributed by atoms with Crippen LogP contribution in [0.2, 0.25) is 5.02 Å². The molecule has 2 aliphatic rings. The van der Waals surface area contributed by atoms with Gasteiger partial charge in [-0.05, 0) is 48.2 Å². The highest BCUT2D eigenvalue weighted by molar-refractivity contribution is 7.09. The smallest absolute Gasteiger partial charge is 0.294 e. The maximum Gasteiger partial charge on any atom is 0.294 e. The van der Waals surface area contributed by atoms with Crippen LogP contribution in [0.4, 0.5) is 17.2 Å². The largest absolute Gasteiger partial charge is 0.493 e. The number of carbonyl (C=O) groups excluding carboxylic acids is 1. The number of benzene rings is 2. The van der Waals surface area contributed by atoms with Crippen molar-refractivity contribution in [3.05, 3.63) is 97.2 Å². The van der Waals surface area contributed by atoms with Crippen LogP contribution >= 0.6 is 22.9 Å². The molecule has 2 aromatic heterocycles. The van der Waals surface area contributed by atoms with Gasteiger partial charge in [0.15, 0.2) is 11.5 Å². The van der Waals surface area contributed by atoms with Gasteiger partial charge in [-0.3, -0.25) is 19.4 Å². The molecule has 4 aromatic rings. The summed E-state index contributed by atoms with van der Waals surface area (Å²) in [5.41, 5.74) is 6.84. The van der Waals surface area contributed by atoms with E-state index in [0.29, 0.717) is 40.8 Å². The SMILES string of the molecule is O=C(Cc1nc(O)cs1)NN=C1CCC2=C(C1)C(c1ccccc1)n1[nH]c(=O)c(N=Nc3ccc(Cl)cc3)c1N2. The van der Waals surface area contributed by atoms with Crippen LogP contribution in [0.3, 0.4) is 0 Å². The highest BCUT2D eigenvalue weighted by Gasteiger charge is 2.35. The minimum Gasteiger partial charge on any atom is -0.493 e. The molecular formula is C27H23ClN8O3S. The van der Waals surface area contributed by atoms with Crippen LogP contribution in [0.25, 0.3) is 0 Å². The van der Waals surface area contributed by atoms with E-state index in [1.54, 1.807) is 28.9 Å². The number of allylic oxidation sites excluding steroid dienone is 2. The molecule has 4 N–H and O–H groups in total. The molecule has 202 valence electrons. The number of H-pyrrole nitrogens is 1. The van der Waals surface area contributed by atoms with E-state index in [1.165, 1.54) is 16.7 Å². The summed E-state index contributed by atoms with van der Waals surface area (Å²) < 4.78 is 1.78. The molecule has 0 saturated carbocycles. The zero-order valence-corrected chi connectivity index (χ0v) is 22.5. The Balaban J connectivity index is 1.29. The maximum absolute atomic E-state index is 13.1. The van der Waals surface area contributed by atoms with E-state index in [2.05, 4.69) is 36.2 Å². The molecule has 0 spiro atoms. The van der Waals surface area contributed by atoms with Crippen molar-refractivity contribution in [2.75, 3.05) is 5.32 Å². The van der Waals surface area contributed by atoms with Crippen LogP contribution in [-0.4, -0.2) is 31.5 Å². The molecule has 11 nitrogen and oxygen atoms in total. The molecule has 1 aliphatic carbocycles. The van der Waals surface area contributed by atoms with Gasteiger partial charge in [-0.2, -0.15) is 10.2 Å². The molecule has 0 radical (unpaired) electrons. The Morgan fingerprint density at radius 2 is 1.95 bits per heavy atom. The summed E-state index contributed by atoms with van der Waals surface area (Å²) in [7, 11) is 0. The summed E-state index contributed by atoms with van der Waals surface area (Å²) in [6.07, 6.45) is 1.80. The van der Waals surface area contributed by atoms with E-state index >= 15 is 0 Å². The highest BCUT2D eigenvalue weighted by Crippen LogP contribution is 2.43. The summed E-state index contributed by atoms with van der Waals surface area (Å²) in [6, 6.07) is 16.4. The molecule has 2 aromatic carbocycles. The summed E-state index contributed by atoms with van der Waals surface area (Å²) in [5.74, 6) is 0.131. The minimum atomic E-state index is -0.365. The number of nitrogens with zero attached hydrogens (tertiary/aromatic N) is 5. The Labute approximate surface area is 236 Å². The second kappa shape index (κ2) is 10.9. The van der Waals surface area contributed by atoms with Gasteiger partial charge in [0.25, 0.3) is 5.56 Å². The van der Waals surface area contributed by atoms with Crippen molar-refractivity contribution in [3.63, 3.8) is 0 Å². The van der Waals surface area contributed by atoms with Crippen molar-refractivity contribution in [2.45, 2.75) is 31.7 Å². The fourth-order valence-electron chi connectivity index (χ4n) is 4.79. The van der Waals surface area contributed by atoms with Crippen molar-refractivity contribution < 1.29 is 9.90 Å². The van der Waals surface area contributed by atoms with Crippen molar-refractivity contribution >= 4 is 51.7 Å². The Kier molecular flexibility index (Phi) is 7.01. The quantitative estimate of drug-likeness (QED) is 0.175. The Morgan fingerprint density at radius 3 is 2.70 bits per heavy atom. The second-order valence-corrected chi connectivity index (χ2v) is 10.7. The monoisotopic (exact) mass is 574 g/mol. The molecule has 0 saturated heterocycles. The summed E-state index contributed by atoms with van der Waals surface area (Å²) in [5, 5.41) is 31.3. The maximum atomic E-state index is 13.1. The average Bonchev–Trinajstić information content (AvgIpc) is 3.51. The van der Waals surface area contributed by atoms with E-state index in [1.807, 2.05) is 30.3 Å². The van der Waals surface area contributed by atoms with Gasteiger partial charge in [0, 0.05) is 22.9 Å². The summed E-state index contributed by atoms with van der Waals surface area (Å²) >= 11 is 7.18. The third kappa shape index (κ3) is 5.31. The molecule has 1 unspecified atom stereocenters. The number of thiazole rings is 1.